The molecule has 10 nitrogen and oxygen atoms in total. The molecule has 2 aromatic carbocycles. The Balaban J connectivity index is 1.57. The Morgan fingerprint density at radius 2 is 1.73 bits per heavy atom. The minimum atomic E-state index is -0.609. The fourth-order valence-electron chi connectivity index (χ4n) is 2.84. The van der Waals surface area contributed by atoms with Gasteiger partial charge >= 0.3 is 11.8 Å². The molecule has 0 aliphatic rings. The van der Waals surface area contributed by atoms with Crippen molar-refractivity contribution in [3.8, 4) is 11.4 Å². The standard InChI is InChI=1S/C20H19N5O5/c1-12-6-3-4-7-14(12)18(26)21-10-11-22-19(27)20-23-17(24-30-20)15-8-5-9-16(13(15)2)25(28)29/h3-9H,10-11H2,1-2H3,(H,21,26)(H,22,27). The van der Waals surface area contributed by atoms with Crippen molar-refractivity contribution in [2.75, 3.05) is 13.1 Å². The van der Waals surface area contributed by atoms with Gasteiger partial charge in [0.2, 0.25) is 5.82 Å². The Bertz CT molecular complexity index is 1110. The fourth-order valence-corrected chi connectivity index (χ4v) is 2.84. The van der Waals surface area contributed by atoms with Crippen LogP contribution in [0.1, 0.15) is 32.2 Å². The van der Waals surface area contributed by atoms with Crippen molar-refractivity contribution >= 4 is 17.5 Å². The van der Waals surface area contributed by atoms with Crippen LogP contribution in [0.4, 0.5) is 5.69 Å². The van der Waals surface area contributed by atoms with E-state index in [1.165, 1.54) is 12.1 Å². The number of carbonyl (C=O) groups excluding carboxylic acids is 2. The number of carbonyl (C=O) groups is 2. The molecule has 0 aliphatic heterocycles. The third-order valence-corrected chi connectivity index (χ3v) is 4.45. The van der Waals surface area contributed by atoms with Gasteiger partial charge in [-0.2, -0.15) is 4.98 Å². The Hall–Kier alpha value is -4.08. The number of aromatic nitrogens is 2. The zero-order valence-electron chi connectivity index (χ0n) is 16.3. The second kappa shape index (κ2) is 8.95. The number of nitro groups is 1. The summed E-state index contributed by atoms with van der Waals surface area (Å²) in [6.07, 6.45) is 0. The summed E-state index contributed by atoms with van der Waals surface area (Å²) in [5, 5.41) is 20.1. The van der Waals surface area contributed by atoms with Crippen LogP contribution in [0.5, 0.6) is 0 Å². The fraction of sp³-hybridized carbons (Fsp3) is 0.200. The first-order chi connectivity index (χ1) is 14.4. The van der Waals surface area contributed by atoms with E-state index >= 15 is 0 Å². The Morgan fingerprint density at radius 3 is 2.43 bits per heavy atom. The number of aryl methyl sites for hydroxylation is 1. The molecular weight excluding hydrogens is 390 g/mol. The summed E-state index contributed by atoms with van der Waals surface area (Å²) in [6, 6.07) is 11.7. The van der Waals surface area contributed by atoms with Crippen LogP contribution in [-0.4, -0.2) is 40.0 Å². The third-order valence-electron chi connectivity index (χ3n) is 4.45. The zero-order chi connectivity index (χ0) is 21.7. The van der Waals surface area contributed by atoms with Crippen LogP contribution >= 0.6 is 0 Å². The highest BCUT2D eigenvalue weighted by Crippen LogP contribution is 2.27. The summed E-state index contributed by atoms with van der Waals surface area (Å²) in [4.78, 5) is 38.9. The number of nitro benzene ring substituents is 1. The van der Waals surface area contributed by atoms with E-state index in [-0.39, 0.29) is 36.4 Å². The van der Waals surface area contributed by atoms with E-state index < -0.39 is 10.8 Å². The van der Waals surface area contributed by atoms with Gasteiger partial charge in [-0.05, 0) is 25.5 Å². The molecule has 2 N–H and O–H groups in total. The lowest BCUT2D eigenvalue weighted by molar-refractivity contribution is -0.385. The molecule has 0 atom stereocenters. The summed E-state index contributed by atoms with van der Waals surface area (Å²) >= 11 is 0. The summed E-state index contributed by atoms with van der Waals surface area (Å²) in [5.74, 6) is -1.04. The molecule has 2 amide bonds. The molecule has 0 aliphatic carbocycles. The lowest BCUT2D eigenvalue weighted by Gasteiger charge is -2.07. The van der Waals surface area contributed by atoms with Crippen LogP contribution in [-0.2, 0) is 0 Å². The maximum absolute atomic E-state index is 12.2. The number of rotatable bonds is 7. The first kappa shape index (κ1) is 20.6. The average molecular weight is 409 g/mol. The van der Waals surface area contributed by atoms with E-state index in [1.54, 1.807) is 25.1 Å². The Morgan fingerprint density at radius 1 is 1.03 bits per heavy atom. The lowest BCUT2D eigenvalue weighted by atomic mass is 10.1. The molecule has 0 bridgehead atoms. The summed E-state index contributed by atoms with van der Waals surface area (Å²) in [7, 11) is 0. The number of nitrogens with zero attached hydrogens (tertiary/aromatic N) is 3. The molecule has 3 aromatic rings. The number of nitrogens with one attached hydrogen (secondary N) is 2. The average Bonchev–Trinajstić information content (AvgIpc) is 3.21. The molecule has 3 rings (SSSR count). The lowest BCUT2D eigenvalue weighted by Crippen LogP contribution is -2.35. The van der Waals surface area contributed by atoms with Gasteiger partial charge in [0, 0.05) is 35.8 Å². The highest BCUT2D eigenvalue weighted by atomic mass is 16.6. The summed E-state index contributed by atoms with van der Waals surface area (Å²) in [5.41, 5.74) is 2.12. The molecule has 1 heterocycles. The largest absolute Gasteiger partial charge is 0.350 e. The molecule has 30 heavy (non-hydrogen) atoms. The van der Waals surface area contributed by atoms with Gasteiger partial charge in [-0.15, -0.1) is 0 Å². The van der Waals surface area contributed by atoms with Crippen LogP contribution in [0.3, 0.4) is 0 Å². The van der Waals surface area contributed by atoms with Gasteiger partial charge in [-0.1, -0.05) is 35.5 Å². The molecule has 0 unspecified atom stereocenters. The molecule has 0 saturated carbocycles. The van der Waals surface area contributed by atoms with Crippen LogP contribution in [0.2, 0.25) is 0 Å². The first-order valence-corrected chi connectivity index (χ1v) is 9.08. The monoisotopic (exact) mass is 409 g/mol. The Kier molecular flexibility index (Phi) is 6.16. The van der Waals surface area contributed by atoms with E-state index in [9.17, 15) is 19.7 Å². The van der Waals surface area contributed by atoms with Crippen LogP contribution in [0, 0.1) is 24.0 Å². The van der Waals surface area contributed by atoms with Gasteiger partial charge in [0.25, 0.3) is 11.6 Å². The van der Waals surface area contributed by atoms with Crippen molar-refractivity contribution in [3.63, 3.8) is 0 Å². The van der Waals surface area contributed by atoms with E-state index in [4.69, 9.17) is 4.52 Å². The van der Waals surface area contributed by atoms with Gasteiger partial charge in [0.05, 0.1) is 4.92 Å². The van der Waals surface area contributed by atoms with E-state index in [0.29, 0.717) is 16.7 Å². The predicted molar refractivity (Wildman–Crippen MR) is 107 cm³/mol. The highest BCUT2D eigenvalue weighted by Gasteiger charge is 2.20. The summed E-state index contributed by atoms with van der Waals surface area (Å²) in [6.45, 7) is 3.78. The number of hydrogen-bond donors (Lipinski definition) is 2. The quantitative estimate of drug-likeness (QED) is 0.347. The molecule has 0 saturated heterocycles. The SMILES string of the molecule is Cc1ccccc1C(=O)NCCNC(=O)c1nc(-c2cccc([N+](=O)[O-])c2C)no1. The van der Waals surface area contributed by atoms with Crippen molar-refractivity contribution in [2.45, 2.75) is 13.8 Å². The molecule has 0 radical (unpaired) electrons. The van der Waals surface area contributed by atoms with Crippen molar-refractivity contribution < 1.29 is 19.0 Å². The minimum Gasteiger partial charge on any atom is -0.350 e. The second-order valence-electron chi connectivity index (χ2n) is 6.46. The number of hydrogen-bond acceptors (Lipinski definition) is 7. The van der Waals surface area contributed by atoms with Crippen molar-refractivity contribution in [1.29, 1.82) is 0 Å². The molecule has 0 spiro atoms. The van der Waals surface area contributed by atoms with E-state index in [2.05, 4.69) is 20.8 Å². The smallest absolute Gasteiger partial charge is 0.316 e. The van der Waals surface area contributed by atoms with Gasteiger partial charge in [-0.25, -0.2) is 0 Å². The number of amides is 2. The summed E-state index contributed by atoms with van der Waals surface area (Å²) < 4.78 is 4.97. The molecule has 10 heteroatoms. The van der Waals surface area contributed by atoms with Gasteiger partial charge in [0.15, 0.2) is 0 Å². The first-order valence-electron chi connectivity index (χ1n) is 9.08. The van der Waals surface area contributed by atoms with Gasteiger partial charge in [-0.3, -0.25) is 19.7 Å². The molecule has 1 aromatic heterocycles. The van der Waals surface area contributed by atoms with Gasteiger partial charge < -0.3 is 15.2 Å². The van der Waals surface area contributed by atoms with Crippen LogP contribution in [0.15, 0.2) is 47.0 Å². The van der Waals surface area contributed by atoms with Gasteiger partial charge in [0.1, 0.15) is 0 Å². The predicted octanol–water partition coefficient (Wildman–Crippen LogP) is 2.42. The molecule has 154 valence electrons. The maximum Gasteiger partial charge on any atom is 0.316 e. The minimum absolute atomic E-state index is 0.0762. The van der Waals surface area contributed by atoms with Crippen molar-refractivity contribution in [1.82, 2.24) is 20.8 Å². The highest BCUT2D eigenvalue weighted by molar-refractivity contribution is 5.95. The topological polar surface area (TPSA) is 140 Å². The van der Waals surface area contributed by atoms with E-state index in [1.807, 2.05) is 19.1 Å². The second-order valence-corrected chi connectivity index (χ2v) is 6.46. The molecule has 0 fully saturated rings. The van der Waals surface area contributed by atoms with Crippen LogP contribution in [0.25, 0.3) is 11.4 Å². The zero-order valence-corrected chi connectivity index (χ0v) is 16.3. The Labute approximate surface area is 171 Å². The normalized spacial score (nSPS) is 10.5. The van der Waals surface area contributed by atoms with Crippen LogP contribution < -0.4 is 10.6 Å². The van der Waals surface area contributed by atoms with Crippen molar-refractivity contribution in [2.24, 2.45) is 0 Å². The number of benzene rings is 2. The van der Waals surface area contributed by atoms with Crippen molar-refractivity contribution in [3.05, 3.63) is 75.2 Å². The van der Waals surface area contributed by atoms with E-state index in [0.717, 1.165) is 5.56 Å². The third kappa shape index (κ3) is 4.49. The molecular formula is C20H19N5O5. The maximum atomic E-state index is 12.2.